The summed E-state index contributed by atoms with van der Waals surface area (Å²) in [6, 6.07) is 6.64. The highest BCUT2D eigenvalue weighted by Gasteiger charge is 2.35. The molecular formula is C16H20N4O3S. The summed E-state index contributed by atoms with van der Waals surface area (Å²) in [6.07, 6.45) is 5.08. The fourth-order valence-electron chi connectivity index (χ4n) is 3.09. The monoisotopic (exact) mass is 348 g/mol. The van der Waals surface area contributed by atoms with Crippen LogP contribution in [0.25, 0.3) is 0 Å². The molecule has 1 aliphatic heterocycles. The summed E-state index contributed by atoms with van der Waals surface area (Å²) < 4.78 is 34.1. The molecule has 2 heterocycles. The van der Waals surface area contributed by atoms with Gasteiger partial charge in [-0.2, -0.15) is 4.31 Å². The first-order chi connectivity index (χ1) is 11.6. The summed E-state index contributed by atoms with van der Waals surface area (Å²) in [5.41, 5.74) is 1.03. The van der Waals surface area contributed by atoms with Gasteiger partial charge in [-0.25, -0.2) is 13.1 Å². The van der Waals surface area contributed by atoms with Gasteiger partial charge in [-0.05, 0) is 31.4 Å². The minimum Gasteiger partial charge on any atom is -0.497 e. The lowest BCUT2D eigenvalue weighted by atomic mass is 10.2. The Balaban J connectivity index is 1.52. The maximum Gasteiger partial charge on any atom is 0.243 e. The van der Waals surface area contributed by atoms with Gasteiger partial charge >= 0.3 is 0 Å². The Morgan fingerprint density at radius 1 is 1.25 bits per heavy atom. The molecule has 1 aromatic carbocycles. The van der Waals surface area contributed by atoms with Crippen molar-refractivity contribution in [2.75, 3.05) is 20.2 Å². The second kappa shape index (κ2) is 5.86. The number of sulfonamides is 1. The molecule has 0 amide bonds. The average Bonchev–Trinajstić information content (AvgIpc) is 3.13. The highest BCUT2D eigenvalue weighted by molar-refractivity contribution is 7.89. The summed E-state index contributed by atoms with van der Waals surface area (Å²) >= 11 is 0. The van der Waals surface area contributed by atoms with Crippen LogP contribution in [-0.2, 0) is 10.0 Å². The summed E-state index contributed by atoms with van der Waals surface area (Å²) in [5.74, 6) is 1.09. The molecule has 0 spiro atoms. The van der Waals surface area contributed by atoms with Gasteiger partial charge < -0.3 is 4.74 Å². The van der Waals surface area contributed by atoms with Crippen molar-refractivity contribution in [1.82, 2.24) is 19.3 Å². The van der Waals surface area contributed by atoms with Crippen molar-refractivity contribution in [3.8, 4) is 5.75 Å². The first-order valence-electron chi connectivity index (χ1n) is 8.14. The van der Waals surface area contributed by atoms with Crippen molar-refractivity contribution in [2.45, 2.75) is 36.1 Å². The van der Waals surface area contributed by atoms with Crippen molar-refractivity contribution in [3.05, 3.63) is 36.2 Å². The van der Waals surface area contributed by atoms with E-state index in [9.17, 15) is 8.42 Å². The lowest BCUT2D eigenvalue weighted by Crippen LogP contribution is -2.29. The van der Waals surface area contributed by atoms with Crippen molar-refractivity contribution in [3.63, 3.8) is 0 Å². The van der Waals surface area contributed by atoms with Gasteiger partial charge in [0, 0.05) is 31.3 Å². The van der Waals surface area contributed by atoms with Crippen LogP contribution < -0.4 is 4.74 Å². The van der Waals surface area contributed by atoms with Crippen LogP contribution in [0.5, 0.6) is 5.75 Å². The molecule has 2 fully saturated rings. The second-order valence-electron chi connectivity index (χ2n) is 6.38. The molecule has 4 rings (SSSR count). The van der Waals surface area contributed by atoms with Crippen LogP contribution in [0.3, 0.4) is 0 Å². The largest absolute Gasteiger partial charge is 0.497 e. The van der Waals surface area contributed by atoms with E-state index in [-0.39, 0.29) is 10.9 Å². The molecule has 2 aromatic rings. The molecule has 24 heavy (non-hydrogen) atoms. The number of hydrogen-bond donors (Lipinski definition) is 0. The number of methoxy groups -OCH3 is 1. The molecule has 1 unspecified atom stereocenters. The fourth-order valence-corrected chi connectivity index (χ4v) is 4.62. The van der Waals surface area contributed by atoms with Crippen molar-refractivity contribution in [1.29, 1.82) is 0 Å². The molecule has 8 heteroatoms. The third kappa shape index (κ3) is 2.80. The molecule has 1 aliphatic carbocycles. The maximum absolute atomic E-state index is 12.8. The highest BCUT2D eigenvalue weighted by atomic mass is 32.2. The number of rotatable bonds is 5. The summed E-state index contributed by atoms with van der Waals surface area (Å²) in [4.78, 5) is 0.264. The Bertz CT molecular complexity index is 845. The first-order valence-corrected chi connectivity index (χ1v) is 9.58. The van der Waals surface area contributed by atoms with Crippen LogP contribution in [0.2, 0.25) is 0 Å². The molecule has 128 valence electrons. The zero-order valence-electron chi connectivity index (χ0n) is 13.5. The van der Waals surface area contributed by atoms with E-state index in [4.69, 9.17) is 4.74 Å². The summed E-state index contributed by atoms with van der Waals surface area (Å²) in [5, 5.41) is 8.42. The van der Waals surface area contributed by atoms with E-state index in [0.29, 0.717) is 24.8 Å². The van der Waals surface area contributed by atoms with E-state index in [2.05, 4.69) is 10.3 Å². The van der Waals surface area contributed by atoms with Gasteiger partial charge in [0.25, 0.3) is 0 Å². The smallest absolute Gasteiger partial charge is 0.243 e. The van der Waals surface area contributed by atoms with Crippen LogP contribution in [0, 0.1) is 0 Å². The van der Waals surface area contributed by atoms with Gasteiger partial charge in [0.05, 0.1) is 23.7 Å². The lowest BCUT2D eigenvalue weighted by molar-refractivity contribution is 0.411. The quantitative estimate of drug-likeness (QED) is 0.823. The number of ether oxygens (including phenoxy) is 1. The van der Waals surface area contributed by atoms with Gasteiger partial charge in [0.15, 0.2) is 0 Å². The SMILES string of the molecule is COc1cccc(S(=O)(=O)N2CCC(n3cc(C4CC4)nn3)C2)c1. The predicted molar refractivity (Wildman–Crippen MR) is 87.4 cm³/mol. The van der Waals surface area contributed by atoms with Gasteiger partial charge in [0.1, 0.15) is 5.75 Å². The first kappa shape index (κ1) is 15.6. The number of benzene rings is 1. The van der Waals surface area contributed by atoms with Crippen molar-refractivity contribution >= 4 is 10.0 Å². The third-order valence-corrected chi connectivity index (χ3v) is 6.56. The van der Waals surface area contributed by atoms with E-state index >= 15 is 0 Å². The third-order valence-electron chi connectivity index (χ3n) is 4.70. The molecule has 0 radical (unpaired) electrons. The highest BCUT2D eigenvalue weighted by Crippen LogP contribution is 2.39. The molecule has 1 saturated heterocycles. The van der Waals surface area contributed by atoms with E-state index in [1.165, 1.54) is 24.3 Å². The molecule has 1 aromatic heterocycles. The normalized spacial score (nSPS) is 22.0. The minimum atomic E-state index is -3.52. The number of hydrogen-bond acceptors (Lipinski definition) is 5. The van der Waals surface area contributed by atoms with Crippen LogP contribution >= 0.6 is 0 Å². The number of nitrogens with zero attached hydrogens (tertiary/aromatic N) is 4. The predicted octanol–water partition coefficient (Wildman–Crippen LogP) is 1.80. The van der Waals surface area contributed by atoms with Crippen LogP contribution in [0.4, 0.5) is 0 Å². The minimum absolute atomic E-state index is 0.0467. The Labute approximate surface area is 141 Å². The van der Waals surface area contributed by atoms with Crippen LogP contribution in [0.15, 0.2) is 35.4 Å². The number of aromatic nitrogens is 3. The molecule has 0 bridgehead atoms. The van der Waals surface area contributed by atoms with Gasteiger partial charge in [-0.3, -0.25) is 0 Å². The Morgan fingerprint density at radius 3 is 2.83 bits per heavy atom. The topological polar surface area (TPSA) is 77.3 Å². The van der Waals surface area contributed by atoms with E-state index in [1.54, 1.807) is 24.3 Å². The van der Waals surface area contributed by atoms with Crippen LogP contribution in [0.1, 0.15) is 36.9 Å². The fraction of sp³-hybridized carbons (Fsp3) is 0.500. The summed E-state index contributed by atoms with van der Waals surface area (Å²) in [6.45, 7) is 0.913. The molecule has 2 aliphatic rings. The van der Waals surface area contributed by atoms with Crippen LogP contribution in [-0.4, -0.2) is 47.9 Å². The average molecular weight is 348 g/mol. The van der Waals surface area contributed by atoms with Gasteiger partial charge in [-0.15, -0.1) is 5.10 Å². The van der Waals surface area contributed by atoms with Crippen molar-refractivity contribution < 1.29 is 13.2 Å². The Hall–Kier alpha value is -1.93. The standard InChI is InChI=1S/C16H20N4O3S/c1-23-14-3-2-4-15(9-14)24(21,22)19-8-7-13(10-19)20-11-16(17-18-20)12-5-6-12/h2-4,9,11-13H,5-8,10H2,1H3. The van der Waals surface area contributed by atoms with Gasteiger partial charge in [0.2, 0.25) is 10.0 Å². The van der Waals surface area contributed by atoms with Crippen molar-refractivity contribution in [2.24, 2.45) is 0 Å². The molecule has 7 nitrogen and oxygen atoms in total. The Kier molecular flexibility index (Phi) is 3.80. The second-order valence-corrected chi connectivity index (χ2v) is 8.32. The molecule has 1 saturated carbocycles. The lowest BCUT2D eigenvalue weighted by Gasteiger charge is -2.17. The summed E-state index contributed by atoms with van der Waals surface area (Å²) in [7, 11) is -1.99. The maximum atomic E-state index is 12.8. The van der Waals surface area contributed by atoms with E-state index in [0.717, 1.165) is 12.1 Å². The zero-order chi connectivity index (χ0) is 16.7. The molecular weight excluding hydrogens is 328 g/mol. The van der Waals surface area contributed by atoms with Gasteiger partial charge in [-0.1, -0.05) is 11.3 Å². The molecule has 0 N–H and O–H groups in total. The molecule has 1 atom stereocenters. The van der Waals surface area contributed by atoms with E-state index in [1.807, 2.05) is 10.9 Å². The van der Waals surface area contributed by atoms with E-state index < -0.39 is 10.0 Å². The zero-order valence-corrected chi connectivity index (χ0v) is 14.3. The Morgan fingerprint density at radius 2 is 2.08 bits per heavy atom.